The van der Waals surface area contributed by atoms with E-state index in [0.717, 1.165) is 23.1 Å². The normalized spacial score (nSPS) is 13.4. The molecule has 22 heavy (non-hydrogen) atoms. The highest BCUT2D eigenvalue weighted by molar-refractivity contribution is 5.32. The van der Waals surface area contributed by atoms with Gasteiger partial charge < -0.3 is 9.84 Å². The Morgan fingerprint density at radius 2 is 1.91 bits per heavy atom. The number of alkyl halides is 3. The Morgan fingerprint density at radius 3 is 2.50 bits per heavy atom. The molecule has 0 saturated carbocycles. The number of nitrogens with one attached hydrogen (secondary N) is 1. The number of benzene rings is 1. The van der Waals surface area contributed by atoms with Crippen LogP contribution >= 0.6 is 0 Å². The standard InChI is InChI=1S/C16H19F3N2O/c1-10(14-6-4-5-7-15(14)16(17,18)19)20-9-8-13-11(2)21-22-12(13)3/h4-7,10,20H,8-9H2,1-3H3/t10-/m1/s1. The maximum absolute atomic E-state index is 13.0. The average Bonchev–Trinajstić information content (AvgIpc) is 2.78. The zero-order valence-corrected chi connectivity index (χ0v) is 12.8. The third kappa shape index (κ3) is 3.68. The lowest BCUT2D eigenvalue weighted by molar-refractivity contribution is -0.138. The number of hydrogen-bond donors (Lipinski definition) is 1. The van der Waals surface area contributed by atoms with Crippen molar-refractivity contribution in [2.24, 2.45) is 0 Å². The third-order valence-corrected chi connectivity index (χ3v) is 3.74. The molecule has 0 fully saturated rings. The lowest BCUT2D eigenvalue weighted by atomic mass is 10.0. The number of rotatable bonds is 5. The summed E-state index contributed by atoms with van der Waals surface area (Å²) in [6, 6.07) is 5.26. The second kappa shape index (κ2) is 6.52. The van der Waals surface area contributed by atoms with Crippen molar-refractivity contribution in [3.63, 3.8) is 0 Å². The first-order chi connectivity index (χ1) is 10.3. The van der Waals surface area contributed by atoms with Crippen molar-refractivity contribution in [3.8, 4) is 0 Å². The van der Waals surface area contributed by atoms with E-state index in [4.69, 9.17) is 4.52 Å². The fourth-order valence-electron chi connectivity index (χ4n) is 2.52. The number of hydrogen-bond acceptors (Lipinski definition) is 3. The Labute approximate surface area is 127 Å². The summed E-state index contributed by atoms with van der Waals surface area (Å²) in [4.78, 5) is 0. The zero-order chi connectivity index (χ0) is 16.3. The summed E-state index contributed by atoms with van der Waals surface area (Å²) in [7, 11) is 0. The van der Waals surface area contributed by atoms with E-state index < -0.39 is 17.8 Å². The summed E-state index contributed by atoms with van der Waals surface area (Å²) in [5.41, 5.74) is 1.49. The molecule has 0 amide bonds. The molecule has 1 aromatic carbocycles. The minimum atomic E-state index is -4.34. The van der Waals surface area contributed by atoms with Crippen LogP contribution in [0.15, 0.2) is 28.8 Å². The van der Waals surface area contributed by atoms with E-state index in [1.807, 2.05) is 13.8 Å². The fraction of sp³-hybridized carbons (Fsp3) is 0.438. The van der Waals surface area contributed by atoms with Crippen molar-refractivity contribution >= 4 is 0 Å². The quantitative estimate of drug-likeness (QED) is 0.899. The van der Waals surface area contributed by atoms with Crippen LogP contribution in [0.2, 0.25) is 0 Å². The molecule has 0 saturated heterocycles. The summed E-state index contributed by atoms with van der Waals surface area (Å²) in [5, 5.41) is 7.00. The maximum atomic E-state index is 13.0. The molecule has 1 N–H and O–H groups in total. The van der Waals surface area contributed by atoms with Crippen LogP contribution in [0.25, 0.3) is 0 Å². The Bertz CT molecular complexity index is 615. The van der Waals surface area contributed by atoms with Crippen LogP contribution in [0, 0.1) is 13.8 Å². The number of aromatic nitrogens is 1. The largest absolute Gasteiger partial charge is 0.416 e. The SMILES string of the molecule is Cc1noc(C)c1CCN[C@H](C)c1ccccc1C(F)(F)F. The van der Waals surface area contributed by atoms with E-state index in [2.05, 4.69) is 10.5 Å². The van der Waals surface area contributed by atoms with E-state index in [1.165, 1.54) is 12.1 Å². The van der Waals surface area contributed by atoms with Crippen LogP contribution in [0.1, 0.15) is 41.1 Å². The smallest absolute Gasteiger partial charge is 0.361 e. The summed E-state index contributed by atoms with van der Waals surface area (Å²) in [6.07, 6.45) is -3.67. The zero-order valence-electron chi connectivity index (χ0n) is 12.8. The highest BCUT2D eigenvalue weighted by Gasteiger charge is 2.33. The molecule has 0 aliphatic heterocycles. The highest BCUT2D eigenvalue weighted by atomic mass is 19.4. The van der Waals surface area contributed by atoms with Crippen LogP contribution in [-0.4, -0.2) is 11.7 Å². The highest BCUT2D eigenvalue weighted by Crippen LogP contribution is 2.34. The molecular weight excluding hydrogens is 293 g/mol. The number of nitrogens with zero attached hydrogens (tertiary/aromatic N) is 1. The van der Waals surface area contributed by atoms with Gasteiger partial charge in [-0.15, -0.1) is 0 Å². The van der Waals surface area contributed by atoms with Crippen molar-refractivity contribution in [2.75, 3.05) is 6.54 Å². The Morgan fingerprint density at radius 1 is 1.23 bits per heavy atom. The van der Waals surface area contributed by atoms with E-state index >= 15 is 0 Å². The second-order valence-corrected chi connectivity index (χ2v) is 5.31. The molecule has 120 valence electrons. The van der Waals surface area contributed by atoms with Gasteiger partial charge in [-0.05, 0) is 45.4 Å². The van der Waals surface area contributed by atoms with Crippen LogP contribution in [0.3, 0.4) is 0 Å². The molecule has 0 aliphatic carbocycles. The van der Waals surface area contributed by atoms with Crippen molar-refractivity contribution in [1.82, 2.24) is 10.5 Å². The summed E-state index contributed by atoms with van der Waals surface area (Å²) >= 11 is 0. The van der Waals surface area contributed by atoms with Gasteiger partial charge in [0.25, 0.3) is 0 Å². The van der Waals surface area contributed by atoms with E-state index in [9.17, 15) is 13.2 Å². The monoisotopic (exact) mass is 312 g/mol. The van der Waals surface area contributed by atoms with Crippen LogP contribution in [0.4, 0.5) is 13.2 Å². The fourth-order valence-corrected chi connectivity index (χ4v) is 2.52. The summed E-state index contributed by atoms with van der Waals surface area (Å²) in [6.45, 7) is 5.97. The number of halogens is 3. The average molecular weight is 312 g/mol. The molecule has 0 unspecified atom stereocenters. The molecule has 0 aliphatic rings. The molecule has 0 bridgehead atoms. The van der Waals surface area contributed by atoms with E-state index in [0.29, 0.717) is 13.0 Å². The predicted molar refractivity (Wildman–Crippen MR) is 77.5 cm³/mol. The van der Waals surface area contributed by atoms with Crippen molar-refractivity contribution < 1.29 is 17.7 Å². The minimum Gasteiger partial charge on any atom is -0.361 e. The molecule has 2 rings (SSSR count). The molecule has 1 aromatic heterocycles. The summed E-state index contributed by atoms with van der Waals surface area (Å²) < 4.78 is 44.1. The van der Waals surface area contributed by atoms with Gasteiger partial charge in [0, 0.05) is 11.6 Å². The topological polar surface area (TPSA) is 38.1 Å². The van der Waals surface area contributed by atoms with Crippen molar-refractivity contribution in [1.29, 1.82) is 0 Å². The Balaban J connectivity index is 2.03. The molecule has 1 heterocycles. The molecule has 6 heteroatoms. The molecule has 3 nitrogen and oxygen atoms in total. The van der Waals surface area contributed by atoms with Gasteiger partial charge in [0.2, 0.25) is 0 Å². The molecule has 0 radical (unpaired) electrons. The maximum Gasteiger partial charge on any atom is 0.416 e. The van der Waals surface area contributed by atoms with Crippen molar-refractivity contribution in [2.45, 2.75) is 39.4 Å². The molecule has 2 aromatic rings. The van der Waals surface area contributed by atoms with Gasteiger partial charge in [-0.25, -0.2) is 0 Å². The van der Waals surface area contributed by atoms with Crippen molar-refractivity contribution in [3.05, 3.63) is 52.4 Å². The third-order valence-electron chi connectivity index (χ3n) is 3.74. The van der Waals surface area contributed by atoms with E-state index in [-0.39, 0.29) is 5.56 Å². The van der Waals surface area contributed by atoms with Gasteiger partial charge in [-0.3, -0.25) is 0 Å². The van der Waals surface area contributed by atoms with Crippen LogP contribution < -0.4 is 5.32 Å². The van der Waals surface area contributed by atoms with Gasteiger partial charge in [-0.1, -0.05) is 23.4 Å². The summed E-state index contributed by atoms with van der Waals surface area (Å²) in [5.74, 6) is 0.752. The second-order valence-electron chi connectivity index (χ2n) is 5.31. The van der Waals surface area contributed by atoms with Gasteiger partial charge in [0.15, 0.2) is 0 Å². The minimum absolute atomic E-state index is 0.258. The van der Waals surface area contributed by atoms with Crippen LogP contribution in [-0.2, 0) is 12.6 Å². The predicted octanol–water partition coefficient (Wildman–Crippen LogP) is 4.20. The lowest BCUT2D eigenvalue weighted by Gasteiger charge is -2.19. The first-order valence-corrected chi connectivity index (χ1v) is 7.12. The van der Waals surface area contributed by atoms with E-state index in [1.54, 1.807) is 13.0 Å². The Hall–Kier alpha value is -1.82. The van der Waals surface area contributed by atoms with Crippen LogP contribution in [0.5, 0.6) is 0 Å². The number of aryl methyl sites for hydroxylation is 2. The van der Waals surface area contributed by atoms with Gasteiger partial charge in [0.05, 0.1) is 11.3 Å². The molecule has 0 spiro atoms. The van der Waals surface area contributed by atoms with Gasteiger partial charge >= 0.3 is 6.18 Å². The molecular formula is C16H19F3N2O. The first kappa shape index (κ1) is 16.5. The van der Waals surface area contributed by atoms with Gasteiger partial charge in [-0.2, -0.15) is 13.2 Å². The lowest BCUT2D eigenvalue weighted by Crippen LogP contribution is -2.24. The van der Waals surface area contributed by atoms with Gasteiger partial charge in [0.1, 0.15) is 5.76 Å². The Kier molecular flexibility index (Phi) is 4.90. The molecule has 1 atom stereocenters. The first-order valence-electron chi connectivity index (χ1n) is 7.12.